The lowest BCUT2D eigenvalue weighted by atomic mass is 9.84. The molecule has 1 saturated carbocycles. The Labute approximate surface area is 195 Å². The normalized spacial score (nSPS) is 22.0. The summed E-state index contributed by atoms with van der Waals surface area (Å²) in [6.45, 7) is 7.50. The minimum absolute atomic E-state index is 0.0914. The van der Waals surface area contributed by atoms with Crippen molar-refractivity contribution >= 4 is 11.8 Å². The van der Waals surface area contributed by atoms with Crippen molar-refractivity contribution in [1.29, 1.82) is 0 Å². The lowest BCUT2D eigenvalue weighted by molar-refractivity contribution is -0.138. The Morgan fingerprint density at radius 1 is 1.42 bits per heavy atom. The monoisotopic (exact) mass is 457 g/mol. The van der Waals surface area contributed by atoms with Crippen LogP contribution in [0, 0.1) is 23.7 Å². The van der Waals surface area contributed by atoms with E-state index in [0.717, 1.165) is 19.3 Å². The first kappa shape index (κ1) is 25.0. The molecule has 180 valence electrons. The summed E-state index contributed by atoms with van der Waals surface area (Å²) in [5.41, 5.74) is -0.449. The Bertz CT molecular complexity index is 942. The van der Waals surface area contributed by atoms with E-state index in [4.69, 9.17) is 4.74 Å². The Morgan fingerprint density at radius 3 is 2.70 bits per heavy atom. The van der Waals surface area contributed by atoms with Gasteiger partial charge in [-0.15, -0.1) is 0 Å². The number of amides is 2. The number of aliphatic hydroxyl groups is 2. The van der Waals surface area contributed by atoms with Gasteiger partial charge in [-0.1, -0.05) is 25.2 Å². The molecule has 1 aromatic rings. The summed E-state index contributed by atoms with van der Waals surface area (Å²) >= 11 is 0. The van der Waals surface area contributed by atoms with Crippen LogP contribution in [0.2, 0.25) is 0 Å². The number of fused-ring (bicyclic) bond motifs is 1. The van der Waals surface area contributed by atoms with Crippen LogP contribution in [0.1, 0.15) is 62.9 Å². The quantitative estimate of drug-likeness (QED) is 0.652. The fourth-order valence-corrected chi connectivity index (χ4v) is 3.94. The first-order chi connectivity index (χ1) is 15.5. The maximum atomic E-state index is 13.4. The topological polar surface area (TPSA) is 103 Å². The van der Waals surface area contributed by atoms with Crippen LogP contribution in [-0.2, 0) is 4.79 Å². The smallest absolute Gasteiger partial charge is 0.259 e. The van der Waals surface area contributed by atoms with Crippen molar-refractivity contribution in [3.8, 4) is 17.7 Å². The number of ether oxygens (including phenoxy) is 1. The van der Waals surface area contributed by atoms with E-state index in [-0.39, 0.29) is 47.8 Å². The summed E-state index contributed by atoms with van der Waals surface area (Å²) in [4.78, 5) is 33.8. The lowest BCUT2D eigenvalue weighted by Crippen LogP contribution is -2.51. The van der Waals surface area contributed by atoms with Gasteiger partial charge in [0, 0.05) is 37.2 Å². The Morgan fingerprint density at radius 2 is 2.12 bits per heavy atom. The minimum Gasteiger partial charge on any atom is -0.472 e. The predicted molar refractivity (Wildman–Crippen MR) is 124 cm³/mol. The molecule has 8 nitrogen and oxygen atoms in total. The summed E-state index contributed by atoms with van der Waals surface area (Å²) in [5.74, 6) is 5.59. The standard InChI is InChI=1S/C25H35N3O5/c1-16-13-28(17(2)15-29)24(31)20-11-18(9-10-25(3,4)32)12-26-22(20)33-21(16)14-27(5)23(30)19-7-6-8-19/h11-12,16-17,19,21,29,32H,6-8,13-15H2,1-5H3/t16-,17+,21-/m1/s1. The molecule has 0 bridgehead atoms. The third-order valence-corrected chi connectivity index (χ3v) is 6.32. The highest BCUT2D eigenvalue weighted by molar-refractivity contribution is 5.97. The van der Waals surface area contributed by atoms with Gasteiger partial charge in [0.2, 0.25) is 11.8 Å². The van der Waals surface area contributed by atoms with Crippen molar-refractivity contribution in [3.63, 3.8) is 0 Å². The average molecular weight is 458 g/mol. The molecule has 0 spiro atoms. The fraction of sp³-hybridized carbons (Fsp3) is 0.640. The second-order valence-corrected chi connectivity index (χ2v) is 9.86. The summed E-state index contributed by atoms with van der Waals surface area (Å²) in [6, 6.07) is 1.21. The molecule has 2 heterocycles. The van der Waals surface area contributed by atoms with Gasteiger partial charge in [0.05, 0.1) is 19.2 Å². The fourth-order valence-electron chi connectivity index (χ4n) is 3.94. The van der Waals surface area contributed by atoms with Gasteiger partial charge in [-0.3, -0.25) is 9.59 Å². The lowest BCUT2D eigenvalue weighted by Gasteiger charge is -2.38. The summed E-state index contributed by atoms with van der Waals surface area (Å²) in [5, 5.41) is 19.7. The zero-order chi connectivity index (χ0) is 24.3. The molecule has 0 radical (unpaired) electrons. The number of nitrogens with zero attached hydrogens (tertiary/aromatic N) is 3. The molecule has 3 rings (SSSR count). The van der Waals surface area contributed by atoms with Gasteiger partial charge in [-0.05, 0) is 39.7 Å². The van der Waals surface area contributed by atoms with Crippen molar-refractivity contribution in [2.24, 2.45) is 11.8 Å². The number of hydrogen-bond acceptors (Lipinski definition) is 6. The minimum atomic E-state index is -1.18. The molecule has 1 fully saturated rings. The van der Waals surface area contributed by atoms with Crippen LogP contribution in [0.5, 0.6) is 5.88 Å². The third kappa shape index (κ3) is 6.04. The van der Waals surface area contributed by atoms with Crippen LogP contribution in [-0.4, -0.2) is 81.3 Å². The van der Waals surface area contributed by atoms with Crippen molar-refractivity contribution in [1.82, 2.24) is 14.8 Å². The molecule has 1 aromatic heterocycles. The van der Waals surface area contributed by atoms with Gasteiger partial charge < -0.3 is 24.7 Å². The van der Waals surface area contributed by atoms with E-state index in [1.165, 1.54) is 6.20 Å². The molecule has 8 heteroatoms. The molecule has 0 saturated heterocycles. The van der Waals surface area contributed by atoms with Gasteiger partial charge in [-0.2, -0.15) is 0 Å². The van der Waals surface area contributed by atoms with E-state index in [2.05, 4.69) is 16.8 Å². The molecule has 0 unspecified atom stereocenters. The third-order valence-electron chi connectivity index (χ3n) is 6.32. The molecule has 2 aliphatic rings. The van der Waals surface area contributed by atoms with E-state index in [1.54, 1.807) is 43.7 Å². The SMILES string of the molecule is C[C@@H]1CN([C@@H](C)CO)C(=O)c2cc(C#CC(C)(C)O)cnc2O[C@@H]1CN(C)C(=O)C1CCC1. The molecule has 1 aliphatic carbocycles. The van der Waals surface area contributed by atoms with Crippen molar-refractivity contribution < 1.29 is 24.5 Å². The zero-order valence-electron chi connectivity index (χ0n) is 20.2. The van der Waals surface area contributed by atoms with Crippen molar-refractivity contribution in [3.05, 3.63) is 23.4 Å². The maximum Gasteiger partial charge on any atom is 0.259 e. The molecule has 2 amide bonds. The molecular formula is C25H35N3O5. The van der Waals surface area contributed by atoms with E-state index in [1.807, 2.05) is 6.92 Å². The summed E-state index contributed by atoms with van der Waals surface area (Å²) in [6.07, 6.45) is 4.09. The second kappa shape index (κ2) is 10.1. The van der Waals surface area contributed by atoms with Gasteiger partial charge in [0.15, 0.2) is 0 Å². The van der Waals surface area contributed by atoms with Crippen LogP contribution < -0.4 is 4.74 Å². The van der Waals surface area contributed by atoms with E-state index >= 15 is 0 Å². The average Bonchev–Trinajstić information content (AvgIpc) is 2.72. The van der Waals surface area contributed by atoms with Gasteiger partial charge in [0.1, 0.15) is 17.3 Å². The molecule has 3 atom stereocenters. The number of likely N-dealkylation sites (N-methyl/N-ethyl adjacent to an activating group) is 1. The van der Waals surface area contributed by atoms with Crippen LogP contribution in [0.3, 0.4) is 0 Å². The highest BCUT2D eigenvalue weighted by Crippen LogP contribution is 2.30. The molecule has 33 heavy (non-hydrogen) atoms. The Balaban J connectivity index is 1.94. The maximum absolute atomic E-state index is 13.4. The van der Waals surface area contributed by atoms with E-state index in [0.29, 0.717) is 18.7 Å². The highest BCUT2D eigenvalue weighted by atomic mass is 16.5. The number of pyridine rings is 1. The molecule has 2 N–H and O–H groups in total. The summed E-state index contributed by atoms with van der Waals surface area (Å²) in [7, 11) is 1.79. The Hall–Kier alpha value is -2.63. The van der Waals surface area contributed by atoms with Crippen molar-refractivity contribution in [2.45, 2.75) is 64.7 Å². The number of aromatic nitrogens is 1. The van der Waals surface area contributed by atoms with Crippen LogP contribution in [0.15, 0.2) is 12.3 Å². The van der Waals surface area contributed by atoms with Gasteiger partial charge in [-0.25, -0.2) is 4.98 Å². The first-order valence-electron chi connectivity index (χ1n) is 11.6. The van der Waals surface area contributed by atoms with Crippen LogP contribution >= 0.6 is 0 Å². The van der Waals surface area contributed by atoms with Crippen molar-refractivity contribution in [2.75, 3.05) is 26.7 Å². The summed E-state index contributed by atoms with van der Waals surface area (Å²) < 4.78 is 6.22. The highest BCUT2D eigenvalue weighted by Gasteiger charge is 2.36. The number of rotatable bonds is 5. The molecule has 1 aliphatic heterocycles. The van der Waals surface area contributed by atoms with Crippen LogP contribution in [0.25, 0.3) is 0 Å². The van der Waals surface area contributed by atoms with Gasteiger partial charge >= 0.3 is 0 Å². The Kier molecular flexibility index (Phi) is 7.65. The van der Waals surface area contributed by atoms with Crippen LogP contribution in [0.4, 0.5) is 0 Å². The zero-order valence-corrected chi connectivity index (χ0v) is 20.2. The first-order valence-corrected chi connectivity index (χ1v) is 11.6. The molecule has 0 aromatic carbocycles. The second-order valence-electron chi connectivity index (χ2n) is 9.86. The number of hydrogen-bond donors (Lipinski definition) is 2. The van der Waals surface area contributed by atoms with Gasteiger partial charge in [0.25, 0.3) is 5.91 Å². The number of carbonyl (C=O) groups excluding carboxylic acids is 2. The van der Waals surface area contributed by atoms with E-state index < -0.39 is 11.6 Å². The molecular weight excluding hydrogens is 422 g/mol. The predicted octanol–water partition coefficient (Wildman–Crippen LogP) is 1.68. The largest absolute Gasteiger partial charge is 0.472 e. The number of aliphatic hydroxyl groups excluding tert-OH is 1. The number of carbonyl (C=O) groups is 2. The van der Waals surface area contributed by atoms with E-state index in [9.17, 15) is 19.8 Å².